The highest BCUT2D eigenvalue weighted by atomic mass is 19.3. The van der Waals surface area contributed by atoms with Crippen molar-refractivity contribution in [1.82, 2.24) is 10.2 Å². The van der Waals surface area contributed by atoms with E-state index in [0.29, 0.717) is 10.9 Å². The molecule has 1 aromatic carbocycles. The van der Waals surface area contributed by atoms with Crippen LogP contribution in [0.15, 0.2) is 18.2 Å². The molecular weight excluding hydrogens is 192 g/mol. The highest BCUT2D eigenvalue weighted by Crippen LogP contribution is 2.27. The second-order valence-electron chi connectivity index (χ2n) is 2.67. The number of rotatable bonds is 2. The van der Waals surface area contributed by atoms with Crippen LogP contribution in [0.1, 0.15) is 0 Å². The third-order valence-corrected chi connectivity index (χ3v) is 1.81. The number of nitrogens with one attached hydrogen (secondary N) is 1. The van der Waals surface area contributed by atoms with Crippen molar-refractivity contribution < 1.29 is 13.5 Å². The van der Waals surface area contributed by atoms with Gasteiger partial charge < -0.3 is 10.5 Å². The van der Waals surface area contributed by atoms with Gasteiger partial charge in [-0.3, -0.25) is 5.10 Å². The lowest BCUT2D eigenvalue weighted by Gasteiger charge is -2.04. The van der Waals surface area contributed by atoms with Crippen molar-refractivity contribution in [1.29, 1.82) is 0 Å². The van der Waals surface area contributed by atoms with Gasteiger partial charge in [-0.1, -0.05) is 6.07 Å². The van der Waals surface area contributed by atoms with Crippen LogP contribution in [0, 0.1) is 0 Å². The normalized spacial score (nSPS) is 11.1. The van der Waals surface area contributed by atoms with Gasteiger partial charge in [-0.2, -0.15) is 13.9 Å². The lowest BCUT2D eigenvalue weighted by atomic mass is 10.2. The number of nitrogen functional groups attached to an aromatic ring is 1. The molecule has 2 aromatic rings. The third-order valence-electron chi connectivity index (χ3n) is 1.81. The van der Waals surface area contributed by atoms with Gasteiger partial charge in [-0.15, -0.1) is 0 Å². The zero-order valence-electron chi connectivity index (χ0n) is 7.00. The minimum absolute atomic E-state index is 0.0432. The number of aromatic amines is 1. The second-order valence-corrected chi connectivity index (χ2v) is 2.67. The lowest BCUT2D eigenvalue weighted by molar-refractivity contribution is -0.0489. The molecule has 0 bridgehead atoms. The summed E-state index contributed by atoms with van der Waals surface area (Å²) in [6, 6.07) is 4.67. The summed E-state index contributed by atoms with van der Waals surface area (Å²) in [5, 5.41) is 6.79. The number of hydrogen-bond donors (Lipinski definition) is 2. The van der Waals surface area contributed by atoms with Crippen molar-refractivity contribution in [2.45, 2.75) is 6.61 Å². The number of alkyl halides is 2. The van der Waals surface area contributed by atoms with Gasteiger partial charge in [-0.25, -0.2) is 0 Å². The second kappa shape index (κ2) is 3.13. The molecule has 0 amide bonds. The molecule has 3 N–H and O–H groups in total. The smallest absolute Gasteiger partial charge is 0.387 e. The summed E-state index contributed by atoms with van der Waals surface area (Å²) >= 11 is 0. The molecule has 0 aliphatic carbocycles. The van der Waals surface area contributed by atoms with Crippen LogP contribution in [-0.4, -0.2) is 16.8 Å². The van der Waals surface area contributed by atoms with E-state index in [4.69, 9.17) is 5.73 Å². The van der Waals surface area contributed by atoms with Crippen LogP contribution >= 0.6 is 0 Å². The number of nitrogens with two attached hydrogens (primary N) is 1. The average molecular weight is 199 g/mol. The molecule has 0 aliphatic rings. The fourth-order valence-electron chi connectivity index (χ4n) is 1.23. The summed E-state index contributed by atoms with van der Waals surface area (Å²) in [5.74, 6) is 0.307. The zero-order valence-corrected chi connectivity index (χ0v) is 7.00. The Morgan fingerprint density at radius 3 is 2.93 bits per heavy atom. The molecule has 4 nitrogen and oxygen atoms in total. The molecule has 6 heteroatoms. The van der Waals surface area contributed by atoms with Crippen LogP contribution in [0.25, 0.3) is 10.9 Å². The minimum atomic E-state index is -2.86. The molecule has 0 aliphatic heterocycles. The van der Waals surface area contributed by atoms with E-state index in [0.717, 1.165) is 0 Å². The van der Waals surface area contributed by atoms with Crippen molar-refractivity contribution in [3.63, 3.8) is 0 Å². The highest BCUT2D eigenvalue weighted by molar-refractivity contribution is 5.92. The maximum Gasteiger partial charge on any atom is 0.387 e. The van der Waals surface area contributed by atoms with E-state index in [1.54, 1.807) is 12.1 Å². The van der Waals surface area contributed by atoms with Crippen LogP contribution in [0.3, 0.4) is 0 Å². The molecule has 0 atom stereocenters. The third kappa shape index (κ3) is 1.34. The molecule has 1 heterocycles. The molecule has 1 aromatic heterocycles. The first-order valence-electron chi connectivity index (χ1n) is 3.86. The fourth-order valence-corrected chi connectivity index (χ4v) is 1.23. The Hall–Kier alpha value is -1.85. The number of nitrogens with zero attached hydrogens (tertiary/aromatic N) is 1. The largest absolute Gasteiger partial charge is 0.433 e. The van der Waals surface area contributed by atoms with Gasteiger partial charge in [0.2, 0.25) is 0 Å². The Bertz CT molecular complexity index is 455. The Morgan fingerprint density at radius 2 is 2.21 bits per heavy atom. The van der Waals surface area contributed by atoms with Crippen LogP contribution in [0.5, 0.6) is 5.75 Å². The van der Waals surface area contributed by atoms with Crippen LogP contribution < -0.4 is 10.5 Å². The standard InChI is InChI=1S/C8H7F2N3O/c9-8(10)14-5-3-1-2-4-6(5)12-13-7(4)11/h1-3,8H,(H3,11,12,13). The molecule has 0 radical (unpaired) electrons. The van der Waals surface area contributed by atoms with Crippen molar-refractivity contribution in [3.05, 3.63) is 18.2 Å². The van der Waals surface area contributed by atoms with Gasteiger partial charge >= 0.3 is 6.61 Å². The van der Waals surface area contributed by atoms with Gasteiger partial charge in [0.1, 0.15) is 5.52 Å². The monoisotopic (exact) mass is 199 g/mol. The number of ether oxygens (including phenoxy) is 1. The van der Waals surface area contributed by atoms with Gasteiger partial charge in [-0.05, 0) is 12.1 Å². The predicted molar refractivity (Wildman–Crippen MR) is 47.1 cm³/mol. The SMILES string of the molecule is Nc1n[nH]c2c(OC(F)F)cccc12. The first-order chi connectivity index (χ1) is 6.68. The van der Waals surface area contributed by atoms with Crippen molar-refractivity contribution in [2.75, 3.05) is 5.73 Å². The number of benzene rings is 1. The topological polar surface area (TPSA) is 63.9 Å². The number of para-hydroxylation sites is 1. The maximum atomic E-state index is 12.0. The number of halogens is 2. The fraction of sp³-hybridized carbons (Fsp3) is 0.125. The first-order valence-corrected chi connectivity index (χ1v) is 3.86. The summed E-state index contributed by atoms with van der Waals surface area (Å²) < 4.78 is 28.2. The minimum Gasteiger partial charge on any atom is -0.433 e. The van der Waals surface area contributed by atoms with Crippen LogP contribution in [-0.2, 0) is 0 Å². The van der Waals surface area contributed by atoms with E-state index in [2.05, 4.69) is 14.9 Å². The number of hydrogen-bond acceptors (Lipinski definition) is 3. The molecule has 0 unspecified atom stereocenters. The molecule has 14 heavy (non-hydrogen) atoms. The highest BCUT2D eigenvalue weighted by Gasteiger charge is 2.11. The molecule has 0 saturated heterocycles. The van der Waals surface area contributed by atoms with Crippen LogP contribution in [0.4, 0.5) is 14.6 Å². The summed E-state index contributed by atoms with van der Waals surface area (Å²) in [5.41, 5.74) is 5.87. The summed E-state index contributed by atoms with van der Waals surface area (Å²) in [4.78, 5) is 0. The molecule has 0 saturated carbocycles. The van der Waals surface area contributed by atoms with E-state index in [9.17, 15) is 8.78 Å². The molecule has 2 rings (SSSR count). The lowest BCUT2D eigenvalue weighted by Crippen LogP contribution is -2.02. The van der Waals surface area contributed by atoms with E-state index in [-0.39, 0.29) is 11.6 Å². The summed E-state index contributed by atoms with van der Waals surface area (Å²) in [7, 11) is 0. The Balaban J connectivity index is 2.54. The molecule has 74 valence electrons. The number of fused-ring (bicyclic) bond motifs is 1. The van der Waals surface area contributed by atoms with E-state index in [1.165, 1.54) is 6.07 Å². The Morgan fingerprint density at radius 1 is 1.43 bits per heavy atom. The number of aromatic nitrogens is 2. The van der Waals surface area contributed by atoms with Crippen molar-refractivity contribution >= 4 is 16.7 Å². The van der Waals surface area contributed by atoms with Gasteiger partial charge in [0.25, 0.3) is 0 Å². The Kier molecular flexibility index (Phi) is 1.95. The van der Waals surface area contributed by atoms with E-state index >= 15 is 0 Å². The van der Waals surface area contributed by atoms with Crippen molar-refractivity contribution in [3.8, 4) is 5.75 Å². The number of H-pyrrole nitrogens is 1. The first kappa shape index (κ1) is 8.74. The number of anilines is 1. The summed E-state index contributed by atoms with van der Waals surface area (Å²) in [6.45, 7) is -2.86. The Labute approximate surface area is 77.7 Å². The maximum absolute atomic E-state index is 12.0. The van der Waals surface area contributed by atoms with E-state index < -0.39 is 6.61 Å². The molecular formula is C8H7F2N3O. The summed E-state index contributed by atoms with van der Waals surface area (Å²) in [6.07, 6.45) is 0. The molecule has 0 spiro atoms. The predicted octanol–water partition coefficient (Wildman–Crippen LogP) is 1.75. The quantitative estimate of drug-likeness (QED) is 0.774. The van der Waals surface area contributed by atoms with Crippen LogP contribution in [0.2, 0.25) is 0 Å². The zero-order chi connectivity index (χ0) is 10.1. The van der Waals surface area contributed by atoms with Gasteiger partial charge in [0.05, 0.1) is 0 Å². The van der Waals surface area contributed by atoms with Crippen molar-refractivity contribution in [2.24, 2.45) is 0 Å². The van der Waals surface area contributed by atoms with Gasteiger partial charge in [0.15, 0.2) is 11.6 Å². The molecule has 0 fully saturated rings. The van der Waals surface area contributed by atoms with Gasteiger partial charge in [0, 0.05) is 5.39 Å². The average Bonchev–Trinajstić information content (AvgIpc) is 2.49. The van der Waals surface area contributed by atoms with E-state index in [1.807, 2.05) is 0 Å².